The van der Waals surface area contributed by atoms with Crippen LogP contribution in [0.2, 0.25) is 0 Å². The van der Waals surface area contributed by atoms with E-state index in [0.717, 1.165) is 24.7 Å². The van der Waals surface area contributed by atoms with Crippen LogP contribution in [0.25, 0.3) is 0 Å². The summed E-state index contributed by atoms with van der Waals surface area (Å²) in [7, 11) is 0. The van der Waals surface area contributed by atoms with Crippen molar-refractivity contribution in [2.45, 2.75) is 6.61 Å². The largest absolute Gasteiger partial charge is 0.435 e. The van der Waals surface area contributed by atoms with Crippen LogP contribution in [0.3, 0.4) is 0 Å². The number of carbonyl (C=O) groups excluding carboxylic acids is 1. The standard InChI is InChI=1S/C20H24F2N6O3/c21-19(22)31-16-3-1-2-15(12-16)25-20(29)28-6-4-26(5-7-28)17-13-18(24-14-23-17)27-8-10-30-11-9-27/h1-3,12-14,19H,4-11H2,(H,25,29). The lowest BCUT2D eigenvalue weighted by Gasteiger charge is -2.36. The molecule has 2 aliphatic rings. The van der Waals surface area contributed by atoms with Gasteiger partial charge in [0.05, 0.1) is 13.2 Å². The predicted molar refractivity (Wildman–Crippen MR) is 111 cm³/mol. The number of nitrogens with one attached hydrogen (secondary N) is 1. The first-order valence-electron chi connectivity index (χ1n) is 10.1. The molecule has 11 heteroatoms. The van der Waals surface area contributed by atoms with Gasteiger partial charge in [0.1, 0.15) is 23.7 Å². The molecule has 9 nitrogen and oxygen atoms in total. The van der Waals surface area contributed by atoms with Gasteiger partial charge in [0.15, 0.2) is 0 Å². The van der Waals surface area contributed by atoms with Crippen LogP contribution in [0.4, 0.5) is 30.9 Å². The van der Waals surface area contributed by atoms with Crippen molar-refractivity contribution in [1.29, 1.82) is 0 Å². The minimum absolute atomic E-state index is 0.00236. The predicted octanol–water partition coefficient (Wildman–Crippen LogP) is 2.27. The molecule has 166 valence electrons. The first-order chi connectivity index (χ1) is 15.1. The molecule has 2 aromatic rings. The van der Waals surface area contributed by atoms with Crippen LogP contribution in [0, 0.1) is 0 Å². The van der Waals surface area contributed by atoms with Gasteiger partial charge in [0.25, 0.3) is 0 Å². The van der Waals surface area contributed by atoms with Crippen molar-refractivity contribution in [3.63, 3.8) is 0 Å². The summed E-state index contributed by atoms with van der Waals surface area (Å²) in [6.45, 7) is 2.33. The Kier molecular flexibility index (Phi) is 6.60. The van der Waals surface area contributed by atoms with Gasteiger partial charge in [-0.15, -0.1) is 0 Å². The smallest absolute Gasteiger partial charge is 0.387 e. The summed E-state index contributed by atoms with van der Waals surface area (Å²) in [4.78, 5) is 27.3. The second-order valence-corrected chi connectivity index (χ2v) is 7.14. The van der Waals surface area contributed by atoms with Crippen molar-refractivity contribution in [2.75, 3.05) is 67.6 Å². The number of aromatic nitrogens is 2. The van der Waals surface area contributed by atoms with E-state index in [1.165, 1.54) is 12.1 Å². The van der Waals surface area contributed by atoms with E-state index in [4.69, 9.17) is 4.74 Å². The lowest BCUT2D eigenvalue weighted by Crippen LogP contribution is -2.50. The molecule has 0 aliphatic carbocycles. The Bertz CT molecular complexity index is 889. The second kappa shape index (κ2) is 9.73. The number of amides is 2. The van der Waals surface area contributed by atoms with Crippen LogP contribution in [-0.2, 0) is 4.74 Å². The molecule has 2 aliphatic heterocycles. The molecule has 0 saturated carbocycles. The Hall–Kier alpha value is -3.21. The maximum Gasteiger partial charge on any atom is 0.387 e. The molecule has 4 rings (SSSR count). The van der Waals surface area contributed by atoms with Crippen molar-refractivity contribution in [1.82, 2.24) is 14.9 Å². The highest BCUT2D eigenvalue weighted by atomic mass is 19.3. The quantitative estimate of drug-likeness (QED) is 0.773. The lowest BCUT2D eigenvalue weighted by molar-refractivity contribution is -0.0498. The van der Waals surface area contributed by atoms with Gasteiger partial charge in [-0.05, 0) is 12.1 Å². The number of nitrogens with zero attached hydrogens (tertiary/aromatic N) is 5. The van der Waals surface area contributed by atoms with Crippen LogP contribution in [0.5, 0.6) is 5.75 Å². The Labute approximate surface area is 178 Å². The average molecular weight is 434 g/mol. The number of alkyl halides is 2. The minimum atomic E-state index is -2.91. The first kappa shape index (κ1) is 21.0. The van der Waals surface area contributed by atoms with Crippen molar-refractivity contribution in [2.24, 2.45) is 0 Å². The molecule has 1 N–H and O–H groups in total. The highest BCUT2D eigenvalue weighted by Crippen LogP contribution is 2.22. The fourth-order valence-corrected chi connectivity index (χ4v) is 3.57. The molecule has 0 atom stereocenters. The van der Waals surface area contributed by atoms with Gasteiger partial charge in [0, 0.05) is 57.1 Å². The normalized spacial score (nSPS) is 17.1. The molecule has 1 aromatic carbocycles. The molecular formula is C20H24F2N6O3. The summed E-state index contributed by atoms with van der Waals surface area (Å²) in [6.07, 6.45) is 1.56. The molecule has 31 heavy (non-hydrogen) atoms. The highest BCUT2D eigenvalue weighted by Gasteiger charge is 2.23. The fourth-order valence-electron chi connectivity index (χ4n) is 3.57. The number of urea groups is 1. The molecule has 2 fully saturated rings. The zero-order valence-electron chi connectivity index (χ0n) is 16.9. The van der Waals surface area contributed by atoms with Crippen molar-refractivity contribution in [3.8, 4) is 5.75 Å². The third-order valence-electron chi connectivity index (χ3n) is 5.17. The Balaban J connectivity index is 1.32. The van der Waals surface area contributed by atoms with E-state index in [9.17, 15) is 13.6 Å². The van der Waals surface area contributed by atoms with E-state index in [1.54, 1.807) is 23.4 Å². The number of ether oxygens (including phenoxy) is 2. The van der Waals surface area contributed by atoms with E-state index < -0.39 is 6.61 Å². The molecule has 1 aromatic heterocycles. The average Bonchev–Trinajstić information content (AvgIpc) is 2.80. The number of rotatable bonds is 5. The molecule has 0 spiro atoms. The summed E-state index contributed by atoms with van der Waals surface area (Å²) >= 11 is 0. The molecule has 0 radical (unpaired) electrons. The summed E-state index contributed by atoms with van der Waals surface area (Å²) in [6, 6.07) is 7.63. The summed E-state index contributed by atoms with van der Waals surface area (Å²) in [5.41, 5.74) is 0.400. The Morgan fingerprint density at radius 3 is 2.35 bits per heavy atom. The van der Waals surface area contributed by atoms with Gasteiger partial charge in [-0.1, -0.05) is 6.07 Å². The number of hydrogen-bond acceptors (Lipinski definition) is 7. The van der Waals surface area contributed by atoms with Gasteiger partial charge in [-0.2, -0.15) is 8.78 Å². The summed E-state index contributed by atoms with van der Waals surface area (Å²) < 4.78 is 34.5. The zero-order valence-corrected chi connectivity index (χ0v) is 16.9. The lowest BCUT2D eigenvalue weighted by atomic mass is 10.3. The van der Waals surface area contributed by atoms with Crippen molar-refractivity contribution < 1.29 is 23.0 Å². The van der Waals surface area contributed by atoms with E-state index in [0.29, 0.717) is 45.1 Å². The van der Waals surface area contributed by atoms with Gasteiger partial charge in [-0.3, -0.25) is 0 Å². The van der Waals surface area contributed by atoms with Crippen LogP contribution in [-0.4, -0.2) is 80.0 Å². The maximum absolute atomic E-state index is 12.6. The number of carbonyl (C=O) groups is 1. The van der Waals surface area contributed by atoms with Gasteiger partial charge >= 0.3 is 12.6 Å². The molecule has 2 saturated heterocycles. The number of anilines is 3. The van der Waals surface area contributed by atoms with E-state index >= 15 is 0 Å². The van der Waals surface area contributed by atoms with Crippen LogP contribution < -0.4 is 19.9 Å². The zero-order chi connectivity index (χ0) is 21.6. The molecule has 0 bridgehead atoms. The topological polar surface area (TPSA) is 83.1 Å². The number of benzene rings is 1. The van der Waals surface area contributed by atoms with Crippen LogP contribution in [0.15, 0.2) is 36.7 Å². The number of hydrogen-bond donors (Lipinski definition) is 1. The number of morpholine rings is 1. The van der Waals surface area contributed by atoms with Gasteiger partial charge in [0.2, 0.25) is 0 Å². The van der Waals surface area contributed by atoms with Crippen molar-refractivity contribution >= 4 is 23.4 Å². The molecular weight excluding hydrogens is 410 g/mol. The second-order valence-electron chi connectivity index (χ2n) is 7.14. The maximum atomic E-state index is 12.6. The number of piperazine rings is 1. The molecule has 2 amide bonds. The molecule has 0 unspecified atom stereocenters. The summed E-state index contributed by atoms with van der Waals surface area (Å²) in [5.74, 6) is 1.70. The first-order valence-corrected chi connectivity index (χ1v) is 10.1. The van der Waals surface area contributed by atoms with Gasteiger partial charge in [-0.25, -0.2) is 14.8 Å². The minimum Gasteiger partial charge on any atom is -0.435 e. The SMILES string of the molecule is O=C(Nc1cccc(OC(F)F)c1)N1CCN(c2cc(N3CCOCC3)ncn2)CC1. The monoisotopic (exact) mass is 434 g/mol. The Morgan fingerprint density at radius 1 is 1.00 bits per heavy atom. The summed E-state index contributed by atoms with van der Waals surface area (Å²) in [5, 5.41) is 2.73. The van der Waals surface area contributed by atoms with Crippen LogP contribution >= 0.6 is 0 Å². The van der Waals surface area contributed by atoms with Gasteiger partial charge < -0.3 is 29.5 Å². The van der Waals surface area contributed by atoms with Crippen LogP contribution in [0.1, 0.15) is 0 Å². The highest BCUT2D eigenvalue weighted by molar-refractivity contribution is 5.89. The molecule has 3 heterocycles. The van der Waals surface area contributed by atoms with E-state index in [1.807, 2.05) is 6.07 Å². The third-order valence-corrected chi connectivity index (χ3v) is 5.17. The third kappa shape index (κ3) is 5.48. The van der Waals surface area contributed by atoms with E-state index in [-0.39, 0.29) is 11.8 Å². The van der Waals surface area contributed by atoms with E-state index in [2.05, 4.69) is 29.8 Å². The Morgan fingerprint density at radius 2 is 1.68 bits per heavy atom. The van der Waals surface area contributed by atoms with Crippen molar-refractivity contribution in [3.05, 3.63) is 36.7 Å². The number of halogens is 2. The fraction of sp³-hybridized carbons (Fsp3) is 0.450.